The molecule has 0 fully saturated rings. The first-order valence-corrected chi connectivity index (χ1v) is 7.86. The van der Waals surface area contributed by atoms with Crippen molar-refractivity contribution in [1.82, 2.24) is 5.32 Å². The lowest BCUT2D eigenvalue weighted by Crippen LogP contribution is -2.45. The molecule has 0 aliphatic heterocycles. The third-order valence-electron chi connectivity index (χ3n) is 3.25. The summed E-state index contributed by atoms with van der Waals surface area (Å²) in [5, 5.41) is 4.31. The Kier molecular flexibility index (Phi) is 7.37. The number of hydrogen-bond acceptors (Lipinski definition) is 2. The number of nitrogens with one attached hydrogen (secondary N) is 1. The van der Waals surface area contributed by atoms with Gasteiger partial charge in [-0.2, -0.15) is 0 Å². The summed E-state index contributed by atoms with van der Waals surface area (Å²) < 4.78 is 6.66. The van der Waals surface area contributed by atoms with Crippen molar-refractivity contribution >= 4 is 27.5 Å². The molecule has 1 aromatic carbocycles. The van der Waals surface area contributed by atoms with E-state index in [2.05, 4.69) is 48.1 Å². The third kappa shape index (κ3) is 5.07. The van der Waals surface area contributed by atoms with E-state index in [1.54, 1.807) is 7.11 Å². The molecule has 0 aliphatic carbocycles. The highest BCUT2D eigenvalue weighted by Gasteiger charge is 2.24. The summed E-state index contributed by atoms with van der Waals surface area (Å²) in [7, 11) is 1.78. The van der Waals surface area contributed by atoms with Gasteiger partial charge in [-0.15, -0.1) is 0 Å². The molecule has 0 heterocycles. The van der Waals surface area contributed by atoms with Crippen molar-refractivity contribution in [2.45, 2.75) is 39.3 Å². The first-order chi connectivity index (χ1) is 8.99. The Labute approximate surface area is 130 Å². The SMILES string of the molecule is CCNC(Cc1ccc(Br)cc1Cl)C(OC)C(C)C. The van der Waals surface area contributed by atoms with Crippen molar-refractivity contribution in [3.63, 3.8) is 0 Å². The Morgan fingerprint density at radius 1 is 1.37 bits per heavy atom. The molecule has 0 bridgehead atoms. The van der Waals surface area contributed by atoms with Gasteiger partial charge < -0.3 is 10.1 Å². The highest BCUT2D eigenvalue weighted by molar-refractivity contribution is 9.10. The van der Waals surface area contributed by atoms with Crippen LogP contribution in [0.5, 0.6) is 0 Å². The van der Waals surface area contributed by atoms with Crippen molar-refractivity contribution in [2.75, 3.05) is 13.7 Å². The van der Waals surface area contributed by atoms with Gasteiger partial charge in [0.1, 0.15) is 0 Å². The fourth-order valence-electron chi connectivity index (χ4n) is 2.39. The molecule has 4 heteroatoms. The second-order valence-electron chi connectivity index (χ2n) is 5.05. The van der Waals surface area contributed by atoms with E-state index >= 15 is 0 Å². The van der Waals surface area contributed by atoms with Crippen molar-refractivity contribution in [3.8, 4) is 0 Å². The average molecular weight is 349 g/mol. The molecule has 0 radical (unpaired) electrons. The normalized spacial score (nSPS) is 14.7. The summed E-state index contributed by atoms with van der Waals surface area (Å²) in [5.41, 5.74) is 1.15. The summed E-state index contributed by atoms with van der Waals surface area (Å²) in [6, 6.07) is 6.32. The number of ether oxygens (including phenoxy) is 1. The molecule has 2 atom stereocenters. The monoisotopic (exact) mass is 347 g/mol. The maximum Gasteiger partial charge on any atom is 0.0750 e. The van der Waals surface area contributed by atoms with Crippen LogP contribution in [0.15, 0.2) is 22.7 Å². The van der Waals surface area contributed by atoms with E-state index in [0.29, 0.717) is 5.92 Å². The first-order valence-electron chi connectivity index (χ1n) is 6.69. The molecule has 0 aliphatic rings. The molecule has 0 saturated carbocycles. The van der Waals surface area contributed by atoms with Gasteiger partial charge in [0, 0.05) is 22.6 Å². The van der Waals surface area contributed by atoms with Crippen molar-refractivity contribution in [1.29, 1.82) is 0 Å². The van der Waals surface area contributed by atoms with E-state index in [0.717, 1.165) is 28.0 Å². The summed E-state index contributed by atoms with van der Waals surface area (Å²) in [5.74, 6) is 0.461. The van der Waals surface area contributed by atoms with Crippen LogP contribution in [-0.2, 0) is 11.2 Å². The van der Waals surface area contributed by atoms with Crippen LogP contribution in [0.25, 0.3) is 0 Å². The van der Waals surface area contributed by atoms with Gasteiger partial charge in [-0.05, 0) is 36.6 Å². The number of rotatable bonds is 7. The van der Waals surface area contributed by atoms with Crippen molar-refractivity contribution in [3.05, 3.63) is 33.3 Å². The number of hydrogen-bond donors (Lipinski definition) is 1. The molecule has 1 rings (SSSR count). The number of likely N-dealkylation sites (N-methyl/N-ethyl adjacent to an activating group) is 1. The summed E-state index contributed by atoms with van der Waals surface area (Å²) >= 11 is 9.74. The highest BCUT2D eigenvalue weighted by atomic mass is 79.9. The van der Waals surface area contributed by atoms with E-state index in [1.807, 2.05) is 12.1 Å². The van der Waals surface area contributed by atoms with Gasteiger partial charge in [-0.25, -0.2) is 0 Å². The topological polar surface area (TPSA) is 21.3 Å². The lowest BCUT2D eigenvalue weighted by molar-refractivity contribution is 0.0337. The predicted octanol–water partition coefficient (Wildman–Crippen LogP) is 4.29. The van der Waals surface area contributed by atoms with Crippen LogP contribution in [0.3, 0.4) is 0 Å². The van der Waals surface area contributed by atoms with Crippen LogP contribution in [0.4, 0.5) is 0 Å². The maximum atomic E-state index is 6.30. The molecule has 0 spiro atoms. The average Bonchev–Trinajstić information content (AvgIpc) is 2.33. The zero-order chi connectivity index (χ0) is 14.4. The Bertz CT molecular complexity index is 398. The van der Waals surface area contributed by atoms with Crippen LogP contribution >= 0.6 is 27.5 Å². The molecule has 108 valence electrons. The van der Waals surface area contributed by atoms with Crippen LogP contribution in [0.2, 0.25) is 5.02 Å². The Morgan fingerprint density at radius 3 is 2.53 bits per heavy atom. The van der Waals surface area contributed by atoms with Gasteiger partial charge in [0.05, 0.1) is 6.10 Å². The lowest BCUT2D eigenvalue weighted by Gasteiger charge is -2.30. The maximum absolute atomic E-state index is 6.30. The molecule has 0 aromatic heterocycles. The van der Waals surface area contributed by atoms with Crippen molar-refractivity contribution in [2.24, 2.45) is 5.92 Å². The summed E-state index contributed by atoms with van der Waals surface area (Å²) in [6.45, 7) is 7.40. The van der Waals surface area contributed by atoms with Crippen LogP contribution < -0.4 is 5.32 Å². The van der Waals surface area contributed by atoms with E-state index in [9.17, 15) is 0 Å². The van der Waals surface area contributed by atoms with E-state index in [1.165, 1.54) is 0 Å². The minimum Gasteiger partial charge on any atom is -0.380 e. The molecular formula is C15H23BrClNO. The van der Waals surface area contributed by atoms with Gasteiger partial charge in [-0.3, -0.25) is 0 Å². The van der Waals surface area contributed by atoms with Gasteiger partial charge in [-0.1, -0.05) is 54.4 Å². The first kappa shape index (κ1) is 17.0. The van der Waals surface area contributed by atoms with Crippen LogP contribution in [-0.4, -0.2) is 25.8 Å². The highest BCUT2D eigenvalue weighted by Crippen LogP contribution is 2.24. The third-order valence-corrected chi connectivity index (χ3v) is 4.09. The van der Waals surface area contributed by atoms with Gasteiger partial charge >= 0.3 is 0 Å². The second-order valence-corrected chi connectivity index (χ2v) is 6.37. The molecule has 19 heavy (non-hydrogen) atoms. The molecule has 1 N–H and O–H groups in total. The fourth-order valence-corrected chi connectivity index (χ4v) is 3.14. The molecule has 2 nitrogen and oxygen atoms in total. The van der Waals surface area contributed by atoms with Crippen LogP contribution in [0, 0.1) is 5.92 Å². The zero-order valence-electron chi connectivity index (χ0n) is 12.0. The fraction of sp³-hybridized carbons (Fsp3) is 0.600. The van der Waals surface area contributed by atoms with Crippen LogP contribution in [0.1, 0.15) is 26.3 Å². The molecule has 0 amide bonds. The summed E-state index contributed by atoms with van der Waals surface area (Å²) in [6.07, 6.45) is 1.05. The minimum absolute atomic E-state index is 0.180. The smallest absolute Gasteiger partial charge is 0.0750 e. The Hall–Kier alpha value is -0.0900. The standard InChI is InChI=1S/C15H23BrClNO/c1-5-18-14(15(19-4)10(2)3)8-11-6-7-12(16)9-13(11)17/h6-7,9-10,14-15,18H,5,8H2,1-4H3. The van der Waals surface area contributed by atoms with Gasteiger partial charge in [0.25, 0.3) is 0 Å². The lowest BCUT2D eigenvalue weighted by atomic mass is 9.94. The number of benzene rings is 1. The van der Waals surface area contributed by atoms with Gasteiger partial charge in [0.15, 0.2) is 0 Å². The predicted molar refractivity (Wildman–Crippen MR) is 86.0 cm³/mol. The summed E-state index contributed by atoms with van der Waals surface area (Å²) in [4.78, 5) is 0. The van der Waals surface area contributed by atoms with Crippen molar-refractivity contribution < 1.29 is 4.74 Å². The molecule has 1 aromatic rings. The Balaban J connectivity index is 2.88. The largest absolute Gasteiger partial charge is 0.380 e. The quantitative estimate of drug-likeness (QED) is 0.793. The molecule has 0 saturated heterocycles. The molecule has 2 unspecified atom stereocenters. The van der Waals surface area contributed by atoms with E-state index in [-0.39, 0.29) is 12.1 Å². The minimum atomic E-state index is 0.180. The number of methoxy groups -OCH3 is 1. The number of halogens is 2. The second kappa shape index (κ2) is 8.25. The van der Waals surface area contributed by atoms with E-state index < -0.39 is 0 Å². The van der Waals surface area contributed by atoms with Gasteiger partial charge in [0.2, 0.25) is 0 Å². The van der Waals surface area contributed by atoms with E-state index in [4.69, 9.17) is 16.3 Å². The molecular weight excluding hydrogens is 326 g/mol. The zero-order valence-corrected chi connectivity index (χ0v) is 14.4. The Morgan fingerprint density at radius 2 is 2.05 bits per heavy atom.